The van der Waals surface area contributed by atoms with Crippen LogP contribution in [0.5, 0.6) is 5.88 Å². The second-order valence-corrected chi connectivity index (χ2v) is 5.42. The zero-order valence-electron chi connectivity index (χ0n) is 14.1. The molecule has 0 saturated heterocycles. The summed E-state index contributed by atoms with van der Waals surface area (Å²) in [5.74, 6) is -0.355. The van der Waals surface area contributed by atoms with Crippen molar-refractivity contribution in [3.8, 4) is 17.1 Å². The lowest BCUT2D eigenvalue weighted by Crippen LogP contribution is -2.16. The minimum absolute atomic E-state index is 0.0331. The van der Waals surface area contributed by atoms with E-state index in [1.165, 1.54) is 6.20 Å². The molecule has 1 aromatic carbocycles. The summed E-state index contributed by atoms with van der Waals surface area (Å²) in [6.45, 7) is 2.08. The molecule has 0 aliphatic carbocycles. The normalized spacial score (nSPS) is 10.8. The Balaban J connectivity index is 2.23. The number of ether oxygens (including phenoxy) is 1. The number of primary amides is 1. The topological polar surface area (TPSA) is 150 Å². The van der Waals surface area contributed by atoms with Gasteiger partial charge in [-0.1, -0.05) is 18.2 Å². The number of hydrogen-bond donors (Lipinski definition) is 3. The van der Waals surface area contributed by atoms with Crippen molar-refractivity contribution in [1.29, 1.82) is 0 Å². The zero-order chi connectivity index (χ0) is 18.7. The van der Waals surface area contributed by atoms with Crippen molar-refractivity contribution in [2.45, 2.75) is 13.3 Å². The fourth-order valence-corrected chi connectivity index (χ4v) is 2.70. The van der Waals surface area contributed by atoms with Crippen LogP contribution in [0.1, 0.15) is 22.8 Å². The molecule has 0 radical (unpaired) electrons. The molecule has 0 fully saturated rings. The van der Waals surface area contributed by atoms with Gasteiger partial charge < -0.3 is 21.3 Å². The first-order valence-electron chi connectivity index (χ1n) is 8.01. The monoisotopic (exact) mass is 354 g/mol. The van der Waals surface area contributed by atoms with E-state index >= 15 is 0 Å². The van der Waals surface area contributed by atoms with E-state index in [-0.39, 0.29) is 24.1 Å². The van der Waals surface area contributed by atoms with Gasteiger partial charge >= 0.3 is 0 Å². The number of nitrogen functional groups attached to an aromatic ring is 1. The number of rotatable bonds is 6. The third kappa shape index (κ3) is 3.24. The van der Waals surface area contributed by atoms with Crippen LogP contribution in [0, 0.1) is 0 Å². The number of anilines is 1. The quantitative estimate of drug-likeness (QED) is 0.585. The Labute approximate surface area is 149 Å². The largest absolute Gasteiger partial charge is 0.476 e. The number of aromatic nitrogens is 4. The molecule has 0 spiro atoms. The summed E-state index contributed by atoms with van der Waals surface area (Å²) in [7, 11) is 0. The third-order valence-corrected chi connectivity index (χ3v) is 3.73. The fourth-order valence-electron chi connectivity index (χ4n) is 2.70. The molecular formula is C17H18N6O3. The van der Waals surface area contributed by atoms with Gasteiger partial charge in [-0.3, -0.25) is 4.79 Å². The van der Waals surface area contributed by atoms with E-state index in [9.17, 15) is 9.90 Å². The molecule has 9 nitrogen and oxygen atoms in total. The van der Waals surface area contributed by atoms with Crippen molar-refractivity contribution in [2.75, 3.05) is 18.9 Å². The zero-order valence-corrected chi connectivity index (χ0v) is 14.1. The molecule has 26 heavy (non-hydrogen) atoms. The lowest BCUT2D eigenvalue weighted by atomic mass is 9.96. The van der Waals surface area contributed by atoms with E-state index in [1.54, 1.807) is 18.2 Å². The van der Waals surface area contributed by atoms with E-state index < -0.39 is 5.91 Å². The van der Waals surface area contributed by atoms with Crippen molar-refractivity contribution in [3.63, 3.8) is 0 Å². The molecule has 5 N–H and O–H groups in total. The van der Waals surface area contributed by atoms with Crippen LogP contribution in [-0.4, -0.2) is 44.2 Å². The second-order valence-electron chi connectivity index (χ2n) is 5.42. The van der Waals surface area contributed by atoms with Crippen LogP contribution in [0.3, 0.4) is 0 Å². The van der Waals surface area contributed by atoms with Gasteiger partial charge in [0.1, 0.15) is 0 Å². The van der Waals surface area contributed by atoms with Crippen molar-refractivity contribution >= 4 is 23.0 Å². The van der Waals surface area contributed by atoms with Crippen LogP contribution in [-0.2, 0) is 6.42 Å². The number of aliphatic hydroxyl groups excluding tert-OH is 1. The van der Waals surface area contributed by atoms with Gasteiger partial charge in [0.25, 0.3) is 0 Å². The number of nitrogens with zero attached hydrogens (tertiary/aromatic N) is 4. The van der Waals surface area contributed by atoms with Gasteiger partial charge in [0, 0.05) is 12.2 Å². The minimum atomic E-state index is -0.607. The number of carbonyl (C=O) groups is 1. The second kappa shape index (κ2) is 7.28. The fraction of sp³-hybridized carbons (Fsp3) is 0.235. The highest BCUT2D eigenvalue weighted by atomic mass is 16.5. The molecule has 0 aliphatic rings. The molecular weight excluding hydrogens is 336 g/mol. The summed E-state index contributed by atoms with van der Waals surface area (Å²) >= 11 is 0. The Bertz CT molecular complexity index is 976. The van der Waals surface area contributed by atoms with Gasteiger partial charge in [-0.15, -0.1) is 0 Å². The van der Waals surface area contributed by atoms with Crippen LogP contribution in [0.15, 0.2) is 24.4 Å². The van der Waals surface area contributed by atoms with Crippen LogP contribution in [0.2, 0.25) is 0 Å². The number of amides is 1. The van der Waals surface area contributed by atoms with Crippen LogP contribution in [0.25, 0.3) is 22.4 Å². The van der Waals surface area contributed by atoms with Crippen molar-refractivity contribution in [1.82, 2.24) is 19.9 Å². The first-order valence-corrected chi connectivity index (χ1v) is 8.01. The maximum absolute atomic E-state index is 12.0. The smallest absolute Gasteiger partial charge is 0.249 e. The Morgan fingerprint density at radius 3 is 2.77 bits per heavy atom. The summed E-state index contributed by atoms with van der Waals surface area (Å²) in [6, 6.07) is 5.22. The maximum Gasteiger partial charge on any atom is 0.249 e. The van der Waals surface area contributed by atoms with Gasteiger partial charge in [-0.2, -0.15) is 9.97 Å². The highest BCUT2D eigenvalue weighted by molar-refractivity contribution is 6.01. The Kier molecular flexibility index (Phi) is 4.90. The molecule has 3 rings (SSSR count). The summed E-state index contributed by atoms with van der Waals surface area (Å²) in [5, 5.41) is 9.23. The number of fused-ring (bicyclic) bond motifs is 1. The molecule has 0 unspecified atom stereocenters. The van der Waals surface area contributed by atoms with Gasteiger partial charge in [-0.25, -0.2) is 9.97 Å². The number of nitrogens with two attached hydrogens (primary N) is 2. The highest BCUT2D eigenvalue weighted by Gasteiger charge is 2.18. The summed E-state index contributed by atoms with van der Waals surface area (Å²) in [4.78, 5) is 28.9. The number of aliphatic hydroxyl groups is 1. The summed E-state index contributed by atoms with van der Waals surface area (Å²) in [5.41, 5.74) is 13.7. The number of hydrogen-bond acceptors (Lipinski definition) is 8. The molecule has 3 aromatic rings. The predicted molar refractivity (Wildman–Crippen MR) is 95.5 cm³/mol. The number of benzene rings is 1. The van der Waals surface area contributed by atoms with Gasteiger partial charge in [0.05, 0.1) is 24.1 Å². The van der Waals surface area contributed by atoms with E-state index in [2.05, 4.69) is 19.9 Å². The van der Waals surface area contributed by atoms with Gasteiger partial charge in [0.15, 0.2) is 11.2 Å². The van der Waals surface area contributed by atoms with E-state index in [1.807, 2.05) is 6.92 Å². The lowest BCUT2D eigenvalue weighted by Gasteiger charge is -2.12. The third-order valence-electron chi connectivity index (χ3n) is 3.73. The maximum atomic E-state index is 12.0. The highest BCUT2D eigenvalue weighted by Crippen LogP contribution is 2.28. The molecule has 0 saturated carbocycles. The first kappa shape index (κ1) is 17.5. The molecule has 2 aromatic heterocycles. The Hall–Kier alpha value is -3.33. The SMILES string of the molecule is CCOc1nc(N)nc2ncc(-c3cccc(CCO)c3C(N)=O)nc12. The average Bonchev–Trinajstić information content (AvgIpc) is 2.61. The van der Waals surface area contributed by atoms with E-state index in [4.69, 9.17) is 16.2 Å². The summed E-state index contributed by atoms with van der Waals surface area (Å²) in [6.07, 6.45) is 1.78. The Morgan fingerprint density at radius 1 is 1.27 bits per heavy atom. The molecule has 0 bridgehead atoms. The molecule has 2 heterocycles. The standard InChI is InChI=1S/C17H18N6O3/c1-2-26-16-13-15(22-17(19)23-16)20-8-11(21-13)10-5-3-4-9(6-7-24)12(10)14(18)25/h3-5,8,24H,2,6-7H2,1H3,(H2,18,25)(H2,19,20,22,23). The van der Waals surface area contributed by atoms with Gasteiger partial charge in [-0.05, 0) is 18.9 Å². The van der Waals surface area contributed by atoms with Crippen molar-refractivity contribution < 1.29 is 14.6 Å². The van der Waals surface area contributed by atoms with Crippen LogP contribution in [0.4, 0.5) is 5.95 Å². The van der Waals surface area contributed by atoms with Gasteiger partial charge in [0.2, 0.25) is 17.7 Å². The van der Waals surface area contributed by atoms with E-state index in [0.717, 1.165) is 0 Å². The molecule has 0 aliphatic heterocycles. The summed E-state index contributed by atoms with van der Waals surface area (Å²) < 4.78 is 5.47. The minimum Gasteiger partial charge on any atom is -0.476 e. The molecule has 1 amide bonds. The average molecular weight is 354 g/mol. The Morgan fingerprint density at radius 2 is 2.08 bits per heavy atom. The van der Waals surface area contributed by atoms with Crippen LogP contribution < -0.4 is 16.2 Å². The lowest BCUT2D eigenvalue weighted by molar-refractivity contribution is 0.1000. The van der Waals surface area contributed by atoms with Crippen molar-refractivity contribution in [2.24, 2.45) is 5.73 Å². The first-order chi connectivity index (χ1) is 12.5. The molecule has 0 atom stereocenters. The van der Waals surface area contributed by atoms with Crippen LogP contribution >= 0.6 is 0 Å². The molecule has 134 valence electrons. The predicted octanol–water partition coefficient (Wildman–Crippen LogP) is 0.701. The van der Waals surface area contributed by atoms with E-state index in [0.29, 0.717) is 40.9 Å². The van der Waals surface area contributed by atoms with Crippen molar-refractivity contribution in [3.05, 3.63) is 35.5 Å². The molecule has 9 heteroatoms. The number of carbonyl (C=O) groups excluding carboxylic acids is 1.